The minimum absolute atomic E-state index is 0.157. The molecule has 1 saturated heterocycles. The van der Waals surface area contributed by atoms with Crippen molar-refractivity contribution < 1.29 is 4.79 Å². The van der Waals surface area contributed by atoms with Gasteiger partial charge in [0.25, 0.3) is 0 Å². The molecule has 1 N–H and O–H groups in total. The molecule has 0 bridgehead atoms. The molecule has 1 aliphatic carbocycles. The van der Waals surface area contributed by atoms with E-state index < -0.39 is 0 Å². The summed E-state index contributed by atoms with van der Waals surface area (Å²) in [6.45, 7) is 2.08. The smallest absolute Gasteiger partial charge is 0.236 e. The summed E-state index contributed by atoms with van der Waals surface area (Å²) in [6.07, 6.45) is 5.75. The van der Waals surface area contributed by atoms with Gasteiger partial charge in [-0.2, -0.15) is 0 Å². The Morgan fingerprint density at radius 1 is 1.47 bits per heavy atom. The van der Waals surface area contributed by atoms with E-state index in [0.717, 1.165) is 18.6 Å². The third kappa shape index (κ3) is 2.52. The van der Waals surface area contributed by atoms with E-state index in [9.17, 15) is 4.79 Å². The molecular formula is C11H18BrNOS. The highest BCUT2D eigenvalue weighted by Crippen LogP contribution is 2.38. The zero-order chi connectivity index (χ0) is 10.9. The number of nitrogens with one attached hydrogen (secondary N) is 1. The predicted octanol–water partition coefficient (Wildman–Crippen LogP) is 2.70. The van der Waals surface area contributed by atoms with Crippen molar-refractivity contribution in [3.63, 3.8) is 0 Å². The summed E-state index contributed by atoms with van der Waals surface area (Å²) in [7, 11) is 0. The van der Waals surface area contributed by atoms with Gasteiger partial charge in [0.05, 0.1) is 4.75 Å². The largest absolute Gasteiger partial charge is 0.351 e. The van der Waals surface area contributed by atoms with E-state index in [1.165, 1.54) is 19.3 Å². The van der Waals surface area contributed by atoms with E-state index in [-0.39, 0.29) is 10.7 Å². The number of alkyl halides is 1. The van der Waals surface area contributed by atoms with Crippen LogP contribution in [0.5, 0.6) is 0 Å². The Hall–Kier alpha value is 0.300. The topological polar surface area (TPSA) is 29.1 Å². The number of amides is 1. The fourth-order valence-corrected chi connectivity index (χ4v) is 4.29. The van der Waals surface area contributed by atoms with Gasteiger partial charge in [0, 0.05) is 10.9 Å². The van der Waals surface area contributed by atoms with Gasteiger partial charge in [0.2, 0.25) is 5.91 Å². The number of carbonyl (C=O) groups is 1. The van der Waals surface area contributed by atoms with Gasteiger partial charge < -0.3 is 5.32 Å². The number of hydrogen-bond acceptors (Lipinski definition) is 2. The summed E-state index contributed by atoms with van der Waals surface area (Å²) in [5.41, 5.74) is 0. The monoisotopic (exact) mass is 291 g/mol. The van der Waals surface area contributed by atoms with Gasteiger partial charge in [0.1, 0.15) is 0 Å². The van der Waals surface area contributed by atoms with Crippen molar-refractivity contribution in [3.8, 4) is 0 Å². The van der Waals surface area contributed by atoms with Crippen LogP contribution in [0, 0.1) is 0 Å². The first kappa shape index (κ1) is 11.8. The molecule has 2 nitrogen and oxygen atoms in total. The lowest BCUT2D eigenvalue weighted by Crippen LogP contribution is -2.47. The quantitative estimate of drug-likeness (QED) is 0.793. The molecular weight excluding hydrogens is 274 g/mol. The minimum atomic E-state index is -0.157. The lowest BCUT2D eigenvalue weighted by atomic mass is 10.0. The second kappa shape index (κ2) is 4.66. The summed E-state index contributed by atoms with van der Waals surface area (Å²) >= 11 is 5.45. The second-order valence-corrected chi connectivity index (χ2v) is 7.48. The Kier molecular flexibility index (Phi) is 3.66. The first-order chi connectivity index (χ1) is 7.12. The highest BCUT2D eigenvalue weighted by Gasteiger charge is 2.39. The number of carbonyl (C=O) groups excluding carboxylic acids is 1. The second-order valence-electron chi connectivity index (χ2n) is 4.71. The first-order valence-corrected chi connectivity index (χ1v) is 7.61. The molecule has 3 atom stereocenters. The van der Waals surface area contributed by atoms with Crippen LogP contribution in [-0.4, -0.2) is 27.3 Å². The number of rotatable bonds is 2. The van der Waals surface area contributed by atoms with Crippen molar-refractivity contribution in [1.82, 2.24) is 5.32 Å². The SMILES string of the molecule is CC1(C(=O)NC2CCCC2Br)CCCS1. The molecule has 4 heteroatoms. The molecule has 15 heavy (non-hydrogen) atoms. The molecule has 0 radical (unpaired) electrons. The zero-order valence-corrected chi connectivity index (χ0v) is 11.5. The van der Waals surface area contributed by atoms with E-state index in [1.54, 1.807) is 0 Å². The maximum absolute atomic E-state index is 12.1. The van der Waals surface area contributed by atoms with E-state index in [1.807, 2.05) is 11.8 Å². The van der Waals surface area contributed by atoms with E-state index in [2.05, 4.69) is 28.2 Å². The molecule has 1 amide bonds. The highest BCUT2D eigenvalue weighted by molar-refractivity contribution is 9.09. The Morgan fingerprint density at radius 2 is 2.27 bits per heavy atom. The molecule has 1 aliphatic heterocycles. The third-order valence-corrected chi connectivity index (χ3v) is 6.06. The Morgan fingerprint density at radius 3 is 2.80 bits per heavy atom. The fraction of sp³-hybridized carbons (Fsp3) is 0.909. The Labute approximate surface area is 104 Å². The molecule has 2 rings (SSSR count). The highest BCUT2D eigenvalue weighted by atomic mass is 79.9. The molecule has 0 aromatic heterocycles. The van der Waals surface area contributed by atoms with Crippen LogP contribution in [-0.2, 0) is 4.79 Å². The summed E-state index contributed by atoms with van der Waals surface area (Å²) in [5.74, 6) is 1.38. The summed E-state index contributed by atoms with van der Waals surface area (Å²) < 4.78 is -0.157. The molecule has 86 valence electrons. The average Bonchev–Trinajstić information content (AvgIpc) is 2.78. The average molecular weight is 292 g/mol. The maximum Gasteiger partial charge on any atom is 0.236 e. The van der Waals surface area contributed by atoms with Crippen molar-refractivity contribution in [2.45, 2.75) is 54.6 Å². The van der Waals surface area contributed by atoms with E-state index >= 15 is 0 Å². The van der Waals surface area contributed by atoms with Crippen LogP contribution in [0.15, 0.2) is 0 Å². The molecule has 1 heterocycles. The van der Waals surface area contributed by atoms with Crippen molar-refractivity contribution in [2.24, 2.45) is 0 Å². The maximum atomic E-state index is 12.1. The van der Waals surface area contributed by atoms with Crippen LogP contribution in [0.3, 0.4) is 0 Å². The predicted molar refractivity (Wildman–Crippen MR) is 68.6 cm³/mol. The van der Waals surface area contributed by atoms with Gasteiger partial charge in [-0.25, -0.2) is 0 Å². The molecule has 0 aromatic rings. The first-order valence-electron chi connectivity index (χ1n) is 5.71. The van der Waals surface area contributed by atoms with Gasteiger partial charge in [-0.1, -0.05) is 22.4 Å². The van der Waals surface area contributed by atoms with Crippen LogP contribution in [0.25, 0.3) is 0 Å². The molecule has 0 spiro atoms. The van der Waals surface area contributed by atoms with E-state index in [4.69, 9.17) is 0 Å². The standard InChI is InChI=1S/C11H18BrNOS/c1-11(6-3-7-15-11)10(14)13-9-5-2-4-8(9)12/h8-9H,2-7H2,1H3,(H,13,14). The van der Waals surface area contributed by atoms with E-state index in [0.29, 0.717) is 10.9 Å². The number of thioether (sulfide) groups is 1. The molecule has 2 fully saturated rings. The Balaban J connectivity index is 1.91. The minimum Gasteiger partial charge on any atom is -0.351 e. The van der Waals surface area contributed by atoms with Crippen molar-refractivity contribution in [1.29, 1.82) is 0 Å². The van der Waals surface area contributed by atoms with Crippen LogP contribution in [0.1, 0.15) is 39.0 Å². The normalized spacial score (nSPS) is 40.7. The van der Waals surface area contributed by atoms with Gasteiger partial charge in [-0.3, -0.25) is 4.79 Å². The van der Waals surface area contributed by atoms with Crippen molar-refractivity contribution in [3.05, 3.63) is 0 Å². The number of halogens is 1. The number of hydrogen-bond donors (Lipinski definition) is 1. The van der Waals surface area contributed by atoms with Gasteiger partial charge in [0.15, 0.2) is 0 Å². The molecule has 3 unspecified atom stereocenters. The molecule has 2 aliphatic rings. The van der Waals surface area contributed by atoms with Crippen LogP contribution in [0.2, 0.25) is 0 Å². The lowest BCUT2D eigenvalue weighted by molar-refractivity contribution is -0.123. The van der Waals surface area contributed by atoms with Gasteiger partial charge in [-0.05, 0) is 38.4 Å². The summed E-state index contributed by atoms with van der Waals surface area (Å²) in [4.78, 5) is 12.6. The molecule has 1 saturated carbocycles. The lowest BCUT2D eigenvalue weighted by Gasteiger charge is -2.25. The summed E-state index contributed by atoms with van der Waals surface area (Å²) in [5, 5.41) is 3.20. The van der Waals surface area contributed by atoms with Gasteiger partial charge >= 0.3 is 0 Å². The zero-order valence-electron chi connectivity index (χ0n) is 9.09. The Bertz CT molecular complexity index is 253. The van der Waals surface area contributed by atoms with Crippen molar-refractivity contribution >= 4 is 33.6 Å². The van der Waals surface area contributed by atoms with Crippen LogP contribution >= 0.6 is 27.7 Å². The van der Waals surface area contributed by atoms with Crippen molar-refractivity contribution in [2.75, 3.05) is 5.75 Å². The van der Waals surface area contributed by atoms with Crippen LogP contribution in [0.4, 0.5) is 0 Å². The third-order valence-electron chi connectivity index (χ3n) is 3.45. The van der Waals surface area contributed by atoms with Crippen LogP contribution < -0.4 is 5.32 Å². The fourth-order valence-electron chi connectivity index (χ4n) is 2.36. The van der Waals surface area contributed by atoms with Gasteiger partial charge in [-0.15, -0.1) is 11.8 Å². The summed E-state index contributed by atoms with van der Waals surface area (Å²) in [6, 6.07) is 0.357. The molecule has 0 aromatic carbocycles.